The lowest BCUT2D eigenvalue weighted by atomic mass is 9.65. The van der Waals surface area contributed by atoms with Crippen LogP contribution < -0.4 is 4.74 Å². The molecule has 12 rings (SSSR count). The van der Waals surface area contributed by atoms with Crippen molar-refractivity contribution in [1.29, 1.82) is 5.26 Å². The molecule has 5 heteroatoms. The summed E-state index contributed by atoms with van der Waals surface area (Å²) in [6.07, 6.45) is 0. The first-order valence-corrected chi connectivity index (χ1v) is 20.7. The molecule has 5 nitrogen and oxygen atoms in total. The topological polar surface area (TPSA) is 71.7 Å². The van der Waals surface area contributed by atoms with Crippen LogP contribution in [0.3, 0.4) is 0 Å². The molecule has 0 radical (unpaired) electrons. The van der Waals surface area contributed by atoms with Crippen LogP contribution in [0, 0.1) is 11.3 Å². The normalized spacial score (nSPS) is 12.8. The van der Waals surface area contributed by atoms with Crippen molar-refractivity contribution < 1.29 is 4.74 Å². The number of fused-ring (bicyclic) bond motifs is 10. The molecular formula is C57H34N4O. The highest BCUT2D eigenvalue weighted by Crippen LogP contribution is 2.62. The Labute approximate surface area is 358 Å². The van der Waals surface area contributed by atoms with Crippen molar-refractivity contribution in [3.8, 4) is 85.1 Å². The average molecular weight is 791 g/mol. The second-order valence-electron chi connectivity index (χ2n) is 15.8. The molecule has 0 atom stereocenters. The van der Waals surface area contributed by atoms with Gasteiger partial charge in [0, 0.05) is 27.8 Å². The Bertz CT molecular complexity index is 3360. The summed E-state index contributed by atoms with van der Waals surface area (Å²) in [5, 5.41) is 12.1. The molecular weight excluding hydrogens is 757 g/mol. The minimum Gasteiger partial charge on any atom is -0.457 e. The van der Waals surface area contributed by atoms with E-state index in [-0.39, 0.29) is 0 Å². The van der Waals surface area contributed by atoms with Gasteiger partial charge in [-0.2, -0.15) is 5.26 Å². The van der Waals surface area contributed by atoms with E-state index in [1.807, 2.05) is 84.9 Å². The van der Waals surface area contributed by atoms with Crippen LogP contribution in [0.25, 0.3) is 78.3 Å². The maximum Gasteiger partial charge on any atom is 0.164 e. The number of hydrogen-bond donors (Lipinski definition) is 0. The van der Waals surface area contributed by atoms with Crippen molar-refractivity contribution in [2.45, 2.75) is 5.41 Å². The predicted octanol–water partition coefficient (Wildman–Crippen LogP) is 13.7. The standard InChI is InChI=1S/C57H34N4O/c58-35-44-32-43(31-41-18-7-8-21-45(41)44)40-27-29-51-53(34-40)62-52-33-39(26-28-50(52)57(51)48-24-11-9-22-46(48)47-23-10-12-25-49(47)57)38-19-13-20-42(30-38)56-60-54(36-14-3-1-4-15-36)59-55(61-56)37-16-5-2-6-17-37/h1-34H. The van der Waals surface area contributed by atoms with Crippen LogP contribution in [0.4, 0.5) is 0 Å². The van der Waals surface area contributed by atoms with Gasteiger partial charge in [-0.1, -0.05) is 176 Å². The number of rotatable bonds is 5. The molecule has 0 bridgehead atoms. The quantitative estimate of drug-likeness (QED) is 0.174. The highest BCUT2D eigenvalue weighted by Gasteiger charge is 2.51. The minimum absolute atomic E-state index is 0.599. The highest BCUT2D eigenvalue weighted by molar-refractivity contribution is 5.93. The summed E-state index contributed by atoms with van der Waals surface area (Å²) in [5.41, 5.74) is 13.8. The van der Waals surface area contributed by atoms with Crippen molar-refractivity contribution in [3.05, 3.63) is 234 Å². The van der Waals surface area contributed by atoms with Gasteiger partial charge in [0.25, 0.3) is 0 Å². The Kier molecular flexibility index (Phi) is 8.06. The average Bonchev–Trinajstić information content (AvgIpc) is 3.64. The first-order chi connectivity index (χ1) is 30.7. The largest absolute Gasteiger partial charge is 0.457 e. The van der Waals surface area contributed by atoms with E-state index >= 15 is 0 Å². The van der Waals surface area contributed by atoms with Gasteiger partial charge in [0.05, 0.1) is 17.0 Å². The van der Waals surface area contributed by atoms with Gasteiger partial charge in [-0.05, 0) is 85.6 Å². The molecule has 2 aliphatic rings. The van der Waals surface area contributed by atoms with Crippen LogP contribution in [0.2, 0.25) is 0 Å². The van der Waals surface area contributed by atoms with Crippen LogP contribution >= 0.6 is 0 Å². The fourth-order valence-electron chi connectivity index (χ4n) is 9.62. The predicted molar refractivity (Wildman–Crippen MR) is 247 cm³/mol. The second kappa shape index (κ2) is 14.1. The van der Waals surface area contributed by atoms with Gasteiger partial charge < -0.3 is 4.74 Å². The van der Waals surface area contributed by atoms with Crippen molar-refractivity contribution >= 4 is 10.8 Å². The van der Waals surface area contributed by atoms with E-state index < -0.39 is 5.41 Å². The zero-order valence-electron chi connectivity index (χ0n) is 33.3. The lowest BCUT2D eigenvalue weighted by molar-refractivity contribution is 0.437. The Balaban J connectivity index is 1.02. The van der Waals surface area contributed by atoms with E-state index in [9.17, 15) is 5.26 Å². The van der Waals surface area contributed by atoms with E-state index in [1.54, 1.807) is 0 Å². The van der Waals surface area contributed by atoms with E-state index in [1.165, 1.54) is 22.3 Å². The van der Waals surface area contributed by atoms with Crippen molar-refractivity contribution in [3.63, 3.8) is 0 Å². The molecule has 2 heterocycles. The Morgan fingerprint density at radius 1 is 0.371 bits per heavy atom. The molecule has 10 aromatic rings. The van der Waals surface area contributed by atoms with Crippen molar-refractivity contribution in [1.82, 2.24) is 15.0 Å². The summed E-state index contributed by atoms with van der Waals surface area (Å²) in [5.74, 6) is 3.41. The van der Waals surface area contributed by atoms with Crippen molar-refractivity contribution in [2.75, 3.05) is 0 Å². The molecule has 0 N–H and O–H groups in total. The third-order valence-electron chi connectivity index (χ3n) is 12.4. The molecule has 0 unspecified atom stereocenters. The summed E-state index contributed by atoms with van der Waals surface area (Å²) in [7, 11) is 0. The number of benzene rings is 9. The summed E-state index contributed by atoms with van der Waals surface area (Å²) < 4.78 is 7.11. The molecule has 62 heavy (non-hydrogen) atoms. The smallest absolute Gasteiger partial charge is 0.164 e. The molecule has 0 amide bonds. The number of hydrogen-bond acceptors (Lipinski definition) is 5. The highest BCUT2D eigenvalue weighted by atomic mass is 16.5. The number of nitrogens with zero attached hydrogens (tertiary/aromatic N) is 4. The van der Waals surface area contributed by atoms with Gasteiger partial charge in [-0.3, -0.25) is 0 Å². The number of ether oxygens (including phenoxy) is 1. The van der Waals surface area contributed by atoms with Crippen LogP contribution in [-0.4, -0.2) is 15.0 Å². The third kappa shape index (κ3) is 5.51. The molecule has 0 saturated heterocycles. The minimum atomic E-state index is -0.622. The molecule has 288 valence electrons. The zero-order valence-corrected chi connectivity index (χ0v) is 33.3. The van der Waals surface area contributed by atoms with Gasteiger partial charge in [-0.15, -0.1) is 0 Å². The number of nitriles is 1. The fraction of sp³-hybridized carbons (Fsp3) is 0.0175. The summed E-state index contributed by atoms with van der Waals surface area (Å²) in [6, 6.07) is 73.9. The molecule has 1 aliphatic heterocycles. The molecule has 9 aromatic carbocycles. The molecule has 0 fully saturated rings. The monoisotopic (exact) mass is 790 g/mol. The molecule has 0 saturated carbocycles. The van der Waals surface area contributed by atoms with E-state index in [4.69, 9.17) is 19.7 Å². The Morgan fingerprint density at radius 3 is 1.47 bits per heavy atom. The summed E-state index contributed by atoms with van der Waals surface area (Å²) >= 11 is 0. The first-order valence-electron chi connectivity index (χ1n) is 20.7. The SMILES string of the molecule is N#Cc1cc(-c2ccc3c(c2)Oc2cc(-c4cccc(-c5nc(-c6ccccc6)nc(-c6ccccc6)n5)c4)ccc2C32c3ccccc3-c3ccccc32)cc2ccccc12. The van der Waals surface area contributed by atoms with Crippen molar-refractivity contribution in [2.24, 2.45) is 0 Å². The second-order valence-corrected chi connectivity index (χ2v) is 15.8. The van der Waals surface area contributed by atoms with Gasteiger partial charge in [-0.25, -0.2) is 15.0 Å². The first kappa shape index (κ1) is 35.5. The maximum absolute atomic E-state index is 10.2. The summed E-state index contributed by atoms with van der Waals surface area (Å²) in [4.78, 5) is 14.9. The number of aromatic nitrogens is 3. The fourth-order valence-corrected chi connectivity index (χ4v) is 9.62. The zero-order chi connectivity index (χ0) is 41.2. The van der Waals surface area contributed by atoms with Gasteiger partial charge in [0.2, 0.25) is 0 Å². The van der Waals surface area contributed by atoms with Gasteiger partial charge in [0.15, 0.2) is 17.5 Å². The lowest BCUT2D eigenvalue weighted by Gasteiger charge is -2.39. The lowest BCUT2D eigenvalue weighted by Crippen LogP contribution is -2.32. The molecule has 1 aromatic heterocycles. The summed E-state index contributed by atoms with van der Waals surface area (Å²) in [6.45, 7) is 0. The van der Waals surface area contributed by atoms with Crippen LogP contribution in [0.15, 0.2) is 206 Å². The Hall–Kier alpha value is -8.46. The van der Waals surface area contributed by atoms with Gasteiger partial charge in [0.1, 0.15) is 11.5 Å². The van der Waals surface area contributed by atoms with Crippen LogP contribution in [0.5, 0.6) is 11.5 Å². The third-order valence-corrected chi connectivity index (χ3v) is 12.4. The maximum atomic E-state index is 10.2. The Morgan fingerprint density at radius 2 is 0.855 bits per heavy atom. The van der Waals surface area contributed by atoms with Crippen LogP contribution in [-0.2, 0) is 5.41 Å². The molecule has 1 spiro atoms. The van der Waals surface area contributed by atoms with E-state index in [2.05, 4.69) is 127 Å². The molecule has 1 aliphatic carbocycles. The van der Waals surface area contributed by atoms with Gasteiger partial charge >= 0.3 is 0 Å². The van der Waals surface area contributed by atoms with E-state index in [0.717, 1.165) is 72.3 Å². The van der Waals surface area contributed by atoms with Crippen LogP contribution in [0.1, 0.15) is 27.8 Å². The van der Waals surface area contributed by atoms with E-state index in [0.29, 0.717) is 23.0 Å².